The summed E-state index contributed by atoms with van der Waals surface area (Å²) in [5.41, 5.74) is 0.846. The molecule has 0 radical (unpaired) electrons. The number of rotatable bonds is 3. The van der Waals surface area contributed by atoms with E-state index in [-0.39, 0.29) is 23.5 Å². The van der Waals surface area contributed by atoms with E-state index in [1.165, 1.54) is 6.07 Å². The van der Waals surface area contributed by atoms with Crippen molar-refractivity contribution in [3.63, 3.8) is 0 Å². The highest BCUT2D eigenvalue weighted by Gasteiger charge is 2.28. The van der Waals surface area contributed by atoms with Crippen molar-refractivity contribution in [3.05, 3.63) is 47.0 Å². The Kier molecular flexibility index (Phi) is 4.83. The minimum Gasteiger partial charge on any atom is -0.360 e. The quantitative estimate of drug-likeness (QED) is 0.928. The molecule has 25 heavy (non-hydrogen) atoms. The van der Waals surface area contributed by atoms with E-state index in [0.717, 1.165) is 0 Å². The van der Waals surface area contributed by atoms with Gasteiger partial charge in [-0.25, -0.2) is 4.39 Å². The molecule has 1 N–H and O–H groups in total. The molecule has 1 aliphatic rings. The molecule has 7 heteroatoms. The van der Waals surface area contributed by atoms with E-state index in [0.29, 0.717) is 48.6 Å². The van der Waals surface area contributed by atoms with Crippen molar-refractivity contribution < 1.29 is 18.5 Å². The zero-order chi connectivity index (χ0) is 18.0. The van der Waals surface area contributed by atoms with Gasteiger partial charge >= 0.3 is 0 Å². The summed E-state index contributed by atoms with van der Waals surface area (Å²) in [7, 11) is 0. The van der Waals surface area contributed by atoms with E-state index in [2.05, 4.69) is 10.5 Å². The number of aromatic nitrogens is 1. The van der Waals surface area contributed by atoms with Crippen LogP contribution in [0.2, 0.25) is 0 Å². The highest BCUT2D eigenvalue weighted by Crippen LogP contribution is 2.21. The molecule has 0 saturated carbocycles. The van der Waals surface area contributed by atoms with Crippen molar-refractivity contribution in [2.24, 2.45) is 5.92 Å². The second-order valence-electron chi connectivity index (χ2n) is 6.34. The van der Waals surface area contributed by atoms with Crippen LogP contribution in [-0.2, 0) is 4.79 Å². The number of hydrogen-bond acceptors (Lipinski definition) is 4. The van der Waals surface area contributed by atoms with Crippen molar-refractivity contribution in [2.75, 3.05) is 18.4 Å². The topological polar surface area (TPSA) is 75.4 Å². The van der Waals surface area contributed by atoms with Crippen LogP contribution in [0.25, 0.3) is 0 Å². The lowest BCUT2D eigenvalue weighted by Crippen LogP contribution is -2.41. The fourth-order valence-corrected chi connectivity index (χ4v) is 2.91. The molecule has 0 unspecified atom stereocenters. The molecule has 0 atom stereocenters. The monoisotopic (exact) mass is 345 g/mol. The summed E-state index contributed by atoms with van der Waals surface area (Å²) in [5, 5.41) is 6.47. The van der Waals surface area contributed by atoms with Crippen molar-refractivity contribution >= 4 is 17.6 Å². The molecule has 2 heterocycles. The minimum atomic E-state index is -0.386. The molecular weight excluding hydrogens is 325 g/mol. The Hall–Kier alpha value is -2.70. The molecule has 1 aromatic carbocycles. The van der Waals surface area contributed by atoms with E-state index in [4.69, 9.17) is 4.52 Å². The predicted octanol–water partition coefficient (Wildman–Crippen LogP) is 2.92. The van der Waals surface area contributed by atoms with Crippen LogP contribution in [0.15, 0.2) is 28.8 Å². The lowest BCUT2D eigenvalue weighted by atomic mass is 9.95. The fraction of sp³-hybridized carbons (Fsp3) is 0.389. The first kappa shape index (κ1) is 17.1. The smallest absolute Gasteiger partial charge is 0.253 e. The van der Waals surface area contributed by atoms with Crippen molar-refractivity contribution in [1.82, 2.24) is 10.1 Å². The summed E-state index contributed by atoms with van der Waals surface area (Å²) in [6, 6.07) is 6.15. The molecule has 1 fully saturated rings. The molecule has 132 valence electrons. The number of hydrogen-bond donors (Lipinski definition) is 1. The summed E-state index contributed by atoms with van der Waals surface area (Å²) in [4.78, 5) is 26.4. The molecule has 0 spiro atoms. The van der Waals surface area contributed by atoms with Crippen molar-refractivity contribution in [1.29, 1.82) is 0 Å². The fourth-order valence-electron chi connectivity index (χ4n) is 2.91. The second kappa shape index (κ2) is 7.04. The lowest BCUT2D eigenvalue weighted by molar-refractivity contribution is -0.121. The molecular formula is C18H20FN3O3. The lowest BCUT2D eigenvalue weighted by Gasteiger charge is -2.31. The van der Waals surface area contributed by atoms with Gasteiger partial charge in [-0.1, -0.05) is 11.2 Å². The third-order valence-electron chi connectivity index (χ3n) is 4.45. The first-order valence-corrected chi connectivity index (χ1v) is 8.23. The van der Waals surface area contributed by atoms with Crippen molar-refractivity contribution in [3.8, 4) is 0 Å². The summed E-state index contributed by atoms with van der Waals surface area (Å²) in [6.07, 6.45) is 1.12. The minimum absolute atomic E-state index is 0.123. The number of anilines is 1. The van der Waals surface area contributed by atoms with Gasteiger partial charge in [-0.15, -0.1) is 0 Å². The number of aryl methyl sites for hydroxylation is 2. The average molecular weight is 345 g/mol. The first-order valence-electron chi connectivity index (χ1n) is 8.23. The van der Waals surface area contributed by atoms with Gasteiger partial charge in [0, 0.05) is 30.6 Å². The molecule has 6 nitrogen and oxygen atoms in total. The van der Waals surface area contributed by atoms with Crippen LogP contribution < -0.4 is 5.32 Å². The van der Waals surface area contributed by atoms with Gasteiger partial charge in [-0.05, 0) is 44.4 Å². The maximum absolute atomic E-state index is 13.6. The maximum Gasteiger partial charge on any atom is 0.253 e. The Bertz CT molecular complexity index is 795. The van der Waals surface area contributed by atoms with Crippen LogP contribution >= 0.6 is 0 Å². The zero-order valence-electron chi connectivity index (χ0n) is 14.2. The molecule has 1 aliphatic heterocycles. The summed E-state index contributed by atoms with van der Waals surface area (Å²) in [5.74, 6) is 0.127. The number of carbonyl (C=O) groups is 2. The third kappa shape index (κ3) is 3.87. The van der Waals surface area contributed by atoms with Crippen LogP contribution in [0.4, 0.5) is 10.2 Å². The van der Waals surface area contributed by atoms with Crippen LogP contribution in [-0.4, -0.2) is 35.0 Å². The van der Waals surface area contributed by atoms with Crippen LogP contribution in [0.1, 0.15) is 34.5 Å². The summed E-state index contributed by atoms with van der Waals surface area (Å²) >= 11 is 0. The molecule has 2 aromatic rings. The standard InChI is InChI=1S/C18H20FN3O3/c1-11-3-4-14(10-15(11)19)18(24)22-7-5-13(6-8-22)17(23)20-16-9-12(2)25-21-16/h3-4,9-10,13H,5-8H2,1-2H3,(H,20,21,23). The number of carbonyl (C=O) groups excluding carboxylic acids is 2. The number of halogens is 1. The number of nitrogens with one attached hydrogen (secondary N) is 1. The highest BCUT2D eigenvalue weighted by molar-refractivity contribution is 5.95. The van der Waals surface area contributed by atoms with E-state index in [1.54, 1.807) is 36.9 Å². The van der Waals surface area contributed by atoms with Gasteiger partial charge in [0.25, 0.3) is 5.91 Å². The van der Waals surface area contributed by atoms with E-state index in [9.17, 15) is 14.0 Å². The van der Waals surface area contributed by atoms with E-state index >= 15 is 0 Å². The Morgan fingerprint density at radius 3 is 2.56 bits per heavy atom. The number of piperidine rings is 1. The van der Waals surface area contributed by atoms with Crippen LogP contribution in [0.3, 0.4) is 0 Å². The largest absolute Gasteiger partial charge is 0.360 e. The van der Waals surface area contributed by atoms with Gasteiger partial charge in [0.05, 0.1) is 0 Å². The Morgan fingerprint density at radius 2 is 1.96 bits per heavy atom. The number of likely N-dealkylation sites (tertiary alicyclic amines) is 1. The van der Waals surface area contributed by atoms with Gasteiger partial charge < -0.3 is 14.7 Å². The number of benzene rings is 1. The molecule has 3 rings (SSSR count). The van der Waals surface area contributed by atoms with Gasteiger partial charge in [-0.2, -0.15) is 0 Å². The maximum atomic E-state index is 13.6. The Balaban J connectivity index is 1.56. The van der Waals surface area contributed by atoms with Gasteiger partial charge in [0.15, 0.2) is 5.82 Å². The first-order chi connectivity index (χ1) is 11.9. The number of amides is 2. The molecule has 0 bridgehead atoms. The third-order valence-corrected chi connectivity index (χ3v) is 4.45. The van der Waals surface area contributed by atoms with E-state index < -0.39 is 0 Å². The molecule has 1 saturated heterocycles. The Morgan fingerprint density at radius 1 is 1.24 bits per heavy atom. The number of nitrogens with zero attached hydrogens (tertiary/aromatic N) is 2. The van der Waals surface area contributed by atoms with E-state index in [1.807, 2.05) is 0 Å². The zero-order valence-corrected chi connectivity index (χ0v) is 14.2. The summed E-state index contributed by atoms with van der Waals surface area (Å²) in [6.45, 7) is 4.33. The van der Waals surface area contributed by atoms with Gasteiger partial charge in [0.1, 0.15) is 11.6 Å². The van der Waals surface area contributed by atoms with Crippen molar-refractivity contribution in [2.45, 2.75) is 26.7 Å². The predicted molar refractivity (Wildman–Crippen MR) is 89.6 cm³/mol. The van der Waals surface area contributed by atoms with Gasteiger partial charge in [-0.3, -0.25) is 9.59 Å². The second-order valence-corrected chi connectivity index (χ2v) is 6.34. The Labute approximate surface area is 145 Å². The van der Waals surface area contributed by atoms with Crippen LogP contribution in [0.5, 0.6) is 0 Å². The molecule has 2 amide bonds. The molecule has 0 aliphatic carbocycles. The molecule has 1 aromatic heterocycles. The van der Waals surface area contributed by atoms with Crippen LogP contribution in [0, 0.1) is 25.6 Å². The summed E-state index contributed by atoms with van der Waals surface area (Å²) < 4.78 is 18.6. The van der Waals surface area contributed by atoms with Gasteiger partial charge in [0.2, 0.25) is 5.91 Å². The SMILES string of the molecule is Cc1cc(NC(=O)C2CCN(C(=O)c3ccc(C)c(F)c3)CC2)no1. The average Bonchev–Trinajstić information content (AvgIpc) is 3.01. The normalized spacial score (nSPS) is 15.2. The highest BCUT2D eigenvalue weighted by atomic mass is 19.1.